The van der Waals surface area contributed by atoms with E-state index in [0.29, 0.717) is 11.8 Å². The largest absolute Gasteiger partial charge is 0.381 e. The number of rotatable bonds is 4. The predicted molar refractivity (Wildman–Crippen MR) is 58.8 cm³/mol. The molecule has 0 aliphatic carbocycles. The van der Waals surface area contributed by atoms with Crippen molar-refractivity contribution in [1.29, 1.82) is 0 Å². The molecule has 0 aromatic carbocycles. The lowest BCUT2D eigenvalue weighted by Crippen LogP contribution is -2.17. The molecule has 0 saturated carbocycles. The SMILES string of the molecule is CCOCC1CNCC1c1cnn(C)c1. The number of aryl methyl sites for hydroxylation is 1. The van der Waals surface area contributed by atoms with Crippen LogP contribution in [0.5, 0.6) is 0 Å². The fourth-order valence-corrected chi connectivity index (χ4v) is 2.20. The third-order valence-electron chi connectivity index (χ3n) is 3.03. The summed E-state index contributed by atoms with van der Waals surface area (Å²) in [6, 6.07) is 0. The van der Waals surface area contributed by atoms with Crippen LogP contribution in [-0.2, 0) is 11.8 Å². The first-order valence-electron chi connectivity index (χ1n) is 5.58. The van der Waals surface area contributed by atoms with Crippen LogP contribution in [0, 0.1) is 5.92 Å². The van der Waals surface area contributed by atoms with E-state index in [2.05, 4.69) is 16.6 Å². The highest BCUT2D eigenvalue weighted by Crippen LogP contribution is 2.27. The average Bonchev–Trinajstić information content (AvgIpc) is 2.82. The molecule has 1 aliphatic heterocycles. The van der Waals surface area contributed by atoms with Crippen LogP contribution in [0.3, 0.4) is 0 Å². The third-order valence-corrected chi connectivity index (χ3v) is 3.03. The summed E-state index contributed by atoms with van der Waals surface area (Å²) in [5.41, 5.74) is 1.33. The lowest BCUT2D eigenvalue weighted by molar-refractivity contribution is 0.111. The second kappa shape index (κ2) is 4.77. The molecule has 0 radical (unpaired) electrons. The van der Waals surface area contributed by atoms with Gasteiger partial charge in [-0.2, -0.15) is 5.10 Å². The zero-order valence-electron chi connectivity index (χ0n) is 9.44. The Labute approximate surface area is 90.6 Å². The van der Waals surface area contributed by atoms with E-state index in [-0.39, 0.29) is 0 Å². The van der Waals surface area contributed by atoms with Crippen LogP contribution in [0.25, 0.3) is 0 Å². The Morgan fingerprint density at radius 2 is 2.47 bits per heavy atom. The predicted octanol–water partition coefficient (Wildman–Crippen LogP) is 0.760. The summed E-state index contributed by atoms with van der Waals surface area (Å²) in [6.07, 6.45) is 4.08. The summed E-state index contributed by atoms with van der Waals surface area (Å²) < 4.78 is 7.38. The van der Waals surface area contributed by atoms with Gasteiger partial charge in [-0.1, -0.05) is 0 Å². The topological polar surface area (TPSA) is 39.1 Å². The molecule has 4 heteroatoms. The second-order valence-corrected chi connectivity index (χ2v) is 4.13. The first-order chi connectivity index (χ1) is 7.31. The van der Waals surface area contributed by atoms with Crippen molar-refractivity contribution in [1.82, 2.24) is 15.1 Å². The van der Waals surface area contributed by atoms with Crippen LogP contribution in [0.2, 0.25) is 0 Å². The fraction of sp³-hybridized carbons (Fsp3) is 0.727. The van der Waals surface area contributed by atoms with Crippen molar-refractivity contribution in [3.05, 3.63) is 18.0 Å². The number of ether oxygens (including phenoxy) is 1. The van der Waals surface area contributed by atoms with Crippen molar-refractivity contribution < 1.29 is 4.74 Å². The Balaban J connectivity index is 2.01. The van der Waals surface area contributed by atoms with Gasteiger partial charge in [0.15, 0.2) is 0 Å². The van der Waals surface area contributed by atoms with Crippen LogP contribution in [0.15, 0.2) is 12.4 Å². The molecule has 2 rings (SSSR count). The minimum Gasteiger partial charge on any atom is -0.381 e. The summed E-state index contributed by atoms with van der Waals surface area (Å²) >= 11 is 0. The molecule has 2 atom stereocenters. The first kappa shape index (κ1) is 10.6. The normalized spacial score (nSPS) is 26.0. The summed E-state index contributed by atoms with van der Waals surface area (Å²) in [6.45, 7) is 5.80. The maximum atomic E-state index is 5.51. The van der Waals surface area contributed by atoms with E-state index in [4.69, 9.17) is 4.74 Å². The van der Waals surface area contributed by atoms with Crippen molar-refractivity contribution >= 4 is 0 Å². The highest BCUT2D eigenvalue weighted by molar-refractivity contribution is 5.15. The number of hydrogen-bond donors (Lipinski definition) is 1. The van der Waals surface area contributed by atoms with E-state index < -0.39 is 0 Å². The molecule has 1 saturated heterocycles. The molecule has 1 fully saturated rings. The number of nitrogens with one attached hydrogen (secondary N) is 1. The number of aromatic nitrogens is 2. The molecule has 0 bridgehead atoms. The van der Waals surface area contributed by atoms with Gasteiger partial charge in [-0.3, -0.25) is 4.68 Å². The minimum absolute atomic E-state index is 0.560. The van der Waals surface area contributed by atoms with Crippen molar-refractivity contribution in [2.75, 3.05) is 26.3 Å². The molecular formula is C11H19N3O. The second-order valence-electron chi connectivity index (χ2n) is 4.13. The van der Waals surface area contributed by atoms with Gasteiger partial charge in [-0.05, 0) is 12.5 Å². The van der Waals surface area contributed by atoms with Gasteiger partial charge >= 0.3 is 0 Å². The van der Waals surface area contributed by atoms with E-state index >= 15 is 0 Å². The van der Waals surface area contributed by atoms with Gasteiger partial charge < -0.3 is 10.1 Å². The standard InChI is InChI=1S/C11H19N3O/c1-3-15-8-10-4-12-6-11(10)9-5-13-14(2)7-9/h5,7,10-12H,3-4,6,8H2,1-2H3. The summed E-state index contributed by atoms with van der Waals surface area (Å²) in [4.78, 5) is 0. The smallest absolute Gasteiger partial charge is 0.0525 e. The molecule has 4 nitrogen and oxygen atoms in total. The molecule has 2 heterocycles. The zero-order valence-corrected chi connectivity index (χ0v) is 9.44. The summed E-state index contributed by atoms with van der Waals surface area (Å²) in [5.74, 6) is 1.15. The number of hydrogen-bond acceptors (Lipinski definition) is 3. The Hall–Kier alpha value is -0.870. The highest BCUT2D eigenvalue weighted by Gasteiger charge is 2.29. The molecule has 2 unspecified atom stereocenters. The van der Waals surface area contributed by atoms with Gasteiger partial charge in [-0.15, -0.1) is 0 Å². The quantitative estimate of drug-likeness (QED) is 0.795. The van der Waals surface area contributed by atoms with Crippen LogP contribution >= 0.6 is 0 Å². The molecular weight excluding hydrogens is 190 g/mol. The Morgan fingerprint density at radius 1 is 1.60 bits per heavy atom. The Kier molecular flexibility index (Phi) is 3.38. The molecule has 1 aromatic heterocycles. The van der Waals surface area contributed by atoms with E-state index in [1.807, 2.05) is 24.9 Å². The maximum absolute atomic E-state index is 5.51. The van der Waals surface area contributed by atoms with Crippen molar-refractivity contribution in [3.8, 4) is 0 Å². The molecule has 1 aliphatic rings. The molecule has 0 amide bonds. The van der Waals surface area contributed by atoms with Gasteiger partial charge in [0.05, 0.1) is 12.8 Å². The molecule has 0 spiro atoms. The Morgan fingerprint density at radius 3 is 3.13 bits per heavy atom. The first-order valence-corrected chi connectivity index (χ1v) is 5.58. The van der Waals surface area contributed by atoms with Crippen LogP contribution in [-0.4, -0.2) is 36.1 Å². The van der Waals surface area contributed by atoms with Gasteiger partial charge in [0.1, 0.15) is 0 Å². The van der Waals surface area contributed by atoms with Crippen molar-refractivity contribution in [3.63, 3.8) is 0 Å². The molecule has 1 N–H and O–H groups in total. The molecule has 1 aromatic rings. The summed E-state index contributed by atoms with van der Waals surface area (Å²) in [5, 5.41) is 7.65. The van der Waals surface area contributed by atoms with E-state index in [1.54, 1.807) is 0 Å². The number of nitrogens with zero attached hydrogens (tertiary/aromatic N) is 2. The van der Waals surface area contributed by atoms with Gasteiger partial charge in [0.25, 0.3) is 0 Å². The maximum Gasteiger partial charge on any atom is 0.0525 e. The van der Waals surface area contributed by atoms with Gasteiger partial charge in [-0.25, -0.2) is 0 Å². The van der Waals surface area contributed by atoms with Gasteiger partial charge in [0.2, 0.25) is 0 Å². The van der Waals surface area contributed by atoms with E-state index in [9.17, 15) is 0 Å². The van der Waals surface area contributed by atoms with E-state index in [1.165, 1.54) is 5.56 Å². The van der Waals surface area contributed by atoms with Crippen LogP contribution in [0.1, 0.15) is 18.4 Å². The molecule has 15 heavy (non-hydrogen) atoms. The van der Waals surface area contributed by atoms with Gasteiger partial charge in [0, 0.05) is 44.8 Å². The monoisotopic (exact) mass is 209 g/mol. The lowest BCUT2D eigenvalue weighted by atomic mass is 9.92. The van der Waals surface area contributed by atoms with Crippen LogP contribution < -0.4 is 5.32 Å². The average molecular weight is 209 g/mol. The Bertz CT molecular complexity index is 311. The highest BCUT2D eigenvalue weighted by atomic mass is 16.5. The third kappa shape index (κ3) is 2.38. The van der Waals surface area contributed by atoms with Crippen LogP contribution in [0.4, 0.5) is 0 Å². The molecule has 84 valence electrons. The lowest BCUT2D eigenvalue weighted by Gasteiger charge is -2.16. The van der Waals surface area contributed by atoms with E-state index in [0.717, 1.165) is 26.3 Å². The van der Waals surface area contributed by atoms with Crippen molar-refractivity contribution in [2.24, 2.45) is 13.0 Å². The summed E-state index contributed by atoms with van der Waals surface area (Å²) in [7, 11) is 1.96. The minimum atomic E-state index is 0.560. The fourth-order valence-electron chi connectivity index (χ4n) is 2.20. The zero-order chi connectivity index (χ0) is 10.7. The van der Waals surface area contributed by atoms with Crippen molar-refractivity contribution in [2.45, 2.75) is 12.8 Å².